The summed E-state index contributed by atoms with van der Waals surface area (Å²) in [5.74, 6) is 0. The van der Waals surface area contributed by atoms with Crippen LogP contribution in [0.5, 0.6) is 0 Å². The van der Waals surface area contributed by atoms with Crippen LogP contribution in [-0.2, 0) is 6.18 Å². The van der Waals surface area contributed by atoms with Crippen LogP contribution in [0.15, 0.2) is 18.2 Å². The van der Waals surface area contributed by atoms with Gasteiger partial charge in [-0.3, -0.25) is 4.79 Å². The van der Waals surface area contributed by atoms with Crippen molar-refractivity contribution in [2.45, 2.75) is 32.5 Å². The highest BCUT2D eigenvalue weighted by molar-refractivity contribution is 5.79. The first-order chi connectivity index (χ1) is 9.31. The first-order valence-corrected chi connectivity index (χ1v) is 6.11. The molecular formula is C14H15F3N2O. The monoisotopic (exact) mass is 284 g/mol. The molecule has 3 nitrogen and oxygen atoms in total. The lowest BCUT2D eigenvalue weighted by atomic mass is 10.1. The molecule has 0 heterocycles. The number of hydrogen-bond acceptors (Lipinski definition) is 3. The van der Waals surface area contributed by atoms with Gasteiger partial charge in [-0.1, -0.05) is 0 Å². The van der Waals surface area contributed by atoms with Gasteiger partial charge in [0.25, 0.3) is 0 Å². The van der Waals surface area contributed by atoms with E-state index in [1.807, 2.05) is 19.9 Å². The fourth-order valence-electron chi connectivity index (χ4n) is 1.93. The van der Waals surface area contributed by atoms with E-state index in [9.17, 15) is 18.0 Å². The van der Waals surface area contributed by atoms with Crippen LogP contribution in [0, 0.1) is 11.3 Å². The molecule has 0 unspecified atom stereocenters. The molecule has 0 amide bonds. The second kappa shape index (κ2) is 6.42. The maximum Gasteiger partial charge on any atom is 0.417 e. The molecule has 0 aliphatic carbocycles. The van der Waals surface area contributed by atoms with Crippen LogP contribution in [0.4, 0.5) is 18.9 Å². The summed E-state index contributed by atoms with van der Waals surface area (Å²) in [5.41, 5.74) is -0.981. The van der Waals surface area contributed by atoms with Crippen LogP contribution in [0.1, 0.15) is 36.2 Å². The van der Waals surface area contributed by atoms with Crippen molar-refractivity contribution in [2.24, 2.45) is 0 Å². The minimum atomic E-state index is -4.58. The van der Waals surface area contributed by atoms with Gasteiger partial charge in [-0.05, 0) is 32.0 Å². The summed E-state index contributed by atoms with van der Waals surface area (Å²) in [6.45, 7) is 4.00. The quantitative estimate of drug-likeness (QED) is 0.775. The van der Waals surface area contributed by atoms with Crippen LogP contribution < -0.4 is 4.90 Å². The fourth-order valence-corrected chi connectivity index (χ4v) is 1.93. The van der Waals surface area contributed by atoms with E-state index in [1.54, 1.807) is 4.90 Å². The van der Waals surface area contributed by atoms with Crippen LogP contribution in [0.3, 0.4) is 0 Å². The summed E-state index contributed by atoms with van der Waals surface area (Å²) in [6.07, 6.45) is -4.17. The number of carbonyl (C=O) groups excluding carboxylic acids is 1. The number of alkyl halides is 3. The molecule has 0 fully saturated rings. The molecule has 0 aliphatic heterocycles. The highest BCUT2D eigenvalue weighted by Gasteiger charge is 2.34. The summed E-state index contributed by atoms with van der Waals surface area (Å²) >= 11 is 0. The Morgan fingerprint density at radius 1 is 1.40 bits per heavy atom. The average Bonchev–Trinajstić information content (AvgIpc) is 2.37. The van der Waals surface area contributed by atoms with Gasteiger partial charge < -0.3 is 4.90 Å². The number of carbonyl (C=O) groups is 1. The van der Waals surface area contributed by atoms with Gasteiger partial charge in [-0.25, -0.2) is 0 Å². The van der Waals surface area contributed by atoms with Gasteiger partial charge in [0, 0.05) is 23.8 Å². The Kier molecular flexibility index (Phi) is 5.14. The summed E-state index contributed by atoms with van der Waals surface area (Å²) in [4.78, 5) is 12.4. The van der Waals surface area contributed by atoms with Crippen molar-refractivity contribution in [1.29, 1.82) is 5.26 Å². The lowest BCUT2D eigenvalue weighted by molar-refractivity contribution is -0.137. The van der Waals surface area contributed by atoms with Gasteiger partial charge in [-0.15, -0.1) is 0 Å². The molecule has 108 valence electrons. The SMILES string of the molecule is CC(C)N(CCC#N)c1ccc(C=O)c(C(F)(F)F)c1. The largest absolute Gasteiger partial charge is 0.417 e. The molecule has 1 aromatic carbocycles. The molecule has 0 bridgehead atoms. The highest BCUT2D eigenvalue weighted by atomic mass is 19.4. The van der Waals surface area contributed by atoms with Crippen LogP contribution >= 0.6 is 0 Å². The van der Waals surface area contributed by atoms with E-state index in [-0.39, 0.29) is 24.3 Å². The van der Waals surface area contributed by atoms with Crippen molar-refractivity contribution in [3.8, 4) is 6.07 Å². The Bertz CT molecular complexity index is 518. The first kappa shape index (κ1) is 16.0. The Morgan fingerprint density at radius 3 is 2.50 bits per heavy atom. The number of aldehydes is 1. The Labute approximate surface area is 115 Å². The average molecular weight is 284 g/mol. The van der Waals surface area contributed by atoms with Crippen LogP contribution in [-0.4, -0.2) is 18.9 Å². The third kappa shape index (κ3) is 3.73. The number of benzene rings is 1. The van der Waals surface area contributed by atoms with E-state index < -0.39 is 11.7 Å². The van der Waals surface area contributed by atoms with Gasteiger partial charge in [0.1, 0.15) is 0 Å². The van der Waals surface area contributed by atoms with Gasteiger partial charge >= 0.3 is 6.18 Å². The third-order valence-corrected chi connectivity index (χ3v) is 2.89. The molecule has 0 aliphatic rings. The van der Waals surface area contributed by atoms with E-state index in [0.29, 0.717) is 12.2 Å². The van der Waals surface area contributed by atoms with Gasteiger partial charge in [0.05, 0.1) is 18.1 Å². The number of nitrogens with zero attached hydrogens (tertiary/aromatic N) is 2. The maximum absolute atomic E-state index is 12.9. The molecule has 0 saturated heterocycles. The molecule has 0 radical (unpaired) electrons. The lowest BCUT2D eigenvalue weighted by Gasteiger charge is -2.29. The van der Waals surface area contributed by atoms with Crippen LogP contribution in [0.25, 0.3) is 0 Å². The molecule has 6 heteroatoms. The molecule has 0 saturated carbocycles. The first-order valence-electron chi connectivity index (χ1n) is 6.11. The van der Waals surface area contributed by atoms with E-state index in [0.717, 1.165) is 12.1 Å². The topological polar surface area (TPSA) is 44.1 Å². The normalized spacial score (nSPS) is 11.2. The zero-order valence-corrected chi connectivity index (χ0v) is 11.2. The summed E-state index contributed by atoms with van der Waals surface area (Å²) in [6, 6.07) is 5.51. The van der Waals surface area contributed by atoms with Crippen LogP contribution in [0.2, 0.25) is 0 Å². The van der Waals surface area contributed by atoms with Crippen molar-refractivity contribution in [1.82, 2.24) is 0 Å². The summed E-state index contributed by atoms with van der Waals surface area (Å²) in [7, 11) is 0. The zero-order valence-electron chi connectivity index (χ0n) is 11.2. The number of hydrogen-bond donors (Lipinski definition) is 0. The summed E-state index contributed by atoms with van der Waals surface area (Å²) in [5, 5.41) is 8.61. The molecule has 0 N–H and O–H groups in total. The van der Waals surface area contributed by atoms with E-state index in [1.165, 1.54) is 6.07 Å². The van der Waals surface area contributed by atoms with Crippen molar-refractivity contribution in [2.75, 3.05) is 11.4 Å². The molecular weight excluding hydrogens is 269 g/mol. The third-order valence-electron chi connectivity index (χ3n) is 2.89. The second-order valence-corrected chi connectivity index (χ2v) is 4.58. The minimum absolute atomic E-state index is 0.0495. The summed E-state index contributed by atoms with van der Waals surface area (Å²) < 4.78 is 38.7. The molecule has 1 rings (SSSR count). The minimum Gasteiger partial charge on any atom is -0.368 e. The van der Waals surface area contributed by atoms with E-state index >= 15 is 0 Å². The molecule has 1 aromatic rings. The zero-order chi connectivity index (χ0) is 15.3. The molecule has 0 spiro atoms. The standard InChI is InChI=1S/C14H15F3N2O/c1-10(2)19(7-3-6-18)12-5-4-11(9-20)13(8-12)14(15,16)17/h4-5,8-10H,3,7H2,1-2H3. The van der Waals surface area contributed by atoms with E-state index in [4.69, 9.17) is 5.26 Å². The van der Waals surface area contributed by atoms with Crippen molar-refractivity contribution in [3.05, 3.63) is 29.3 Å². The van der Waals surface area contributed by atoms with Gasteiger partial charge in [0.2, 0.25) is 0 Å². The smallest absolute Gasteiger partial charge is 0.368 e. The highest BCUT2D eigenvalue weighted by Crippen LogP contribution is 2.34. The number of nitriles is 1. The number of rotatable bonds is 5. The fraction of sp³-hybridized carbons (Fsp3) is 0.429. The Morgan fingerprint density at radius 2 is 2.05 bits per heavy atom. The maximum atomic E-state index is 12.9. The Hall–Kier alpha value is -2.03. The predicted molar refractivity (Wildman–Crippen MR) is 69.5 cm³/mol. The number of anilines is 1. The Balaban J connectivity index is 3.25. The van der Waals surface area contributed by atoms with Crippen molar-refractivity contribution < 1.29 is 18.0 Å². The predicted octanol–water partition coefficient (Wildman–Crippen LogP) is 3.65. The number of halogens is 3. The second-order valence-electron chi connectivity index (χ2n) is 4.58. The molecule has 20 heavy (non-hydrogen) atoms. The van der Waals surface area contributed by atoms with E-state index in [2.05, 4.69) is 0 Å². The molecule has 0 atom stereocenters. The van der Waals surface area contributed by atoms with Gasteiger partial charge in [-0.2, -0.15) is 18.4 Å². The lowest BCUT2D eigenvalue weighted by Crippen LogP contribution is -2.32. The van der Waals surface area contributed by atoms with Crippen molar-refractivity contribution in [3.63, 3.8) is 0 Å². The molecule has 0 aromatic heterocycles. The van der Waals surface area contributed by atoms with Gasteiger partial charge in [0.15, 0.2) is 6.29 Å². The van der Waals surface area contributed by atoms with Crippen molar-refractivity contribution >= 4 is 12.0 Å².